The Morgan fingerprint density at radius 3 is 2.28 bits per heavy atom. The summed E-state index contributed by atoms with van der Waals surface area (Å²) in [5.41, 5.74) is 6.85. The van der Waals surface area contributed by atoms with Crippen LogP contribution in [0.5, 0.6) is 0 Å². The number of rotatable bonds is 14. The highest BCUT2D eigenvalue weighted by molar-refractivity contribution is 8.76. The van der Waals surface area contributed by atoms with Gasteiger partial charge in [-0.3, -0.25) is 14.4 Å². The maximum Gasteiger partial charge on any atom is 0.330 e. The first-order valence-corrected chi connectivity index (χ1v) is 20.0. The van der Waals surface area contributed by atoms with Crippen molar-refractivity contribution in [1.82, 2.24) is 9.80 Å². The second-order valence-electron chi connectivity index (χ2n) is 12.8. The highest BCUT2D eigenvalue weighted by Crippen LogP contribution is 2.54. The lowest BCUT2D eigenvalue weighted by atomic mass is 9.86. The number of β-lactam (4-membered cyclic amide) rings is 2. The largest absolute Gasteiger partial charge is 0.464 e. The molecule has 4 heterocycles. The van der Waals surface area contributed by atoms with Gasteiger partial charge >= 0.3 is 11.9 Å². The van der Waals surface area contributed by atoms with Crippen molar-refractivity contribution in [2.24, 2.45) is 11.7 Å². The predicted octanol–water partition coefficient (Wildman–Crippen LogP) is 2.32. The Bertz CT molecular complexity index is 1500. The zero-order chi connectivity index (χ0) is 33.6. The molecule has 0 saturated carbocycles. The Kier molecular flexibility index (Phi) is 10.2. The summed E-state index contributed by atoms with van der Waals surface area (Å²) >= 11 is 1.50. The van der Waals surface area contributed by atoms with E-state index in [1.165, 1.54) is 47.2 Å². The monoisotopic (exact) mass is 713 g/mol. The fourth-order valence-corrected chi connectivity index (χ4v) is 12.1. The minimum atomic E-state index is -3.66. The van der Waals surface area contributed by atoms with Crippen molar-refractivity contribution in [3.8, 4) is 0 Å². The second-order valence-corrected chi connectivity index (χ2v) is 19.9. The van der Waals surface area contributed by atoms with Crippen LogP contribution in [-0.2, 0) is 43.3 Å². The minimum Gasteiger partial charge on any atom is -0.464 e. The first kappa shape index (κ1) is 35.0. The molecule has 0 aromatic heterocycles. The van der Waals surface area contributed by atoms with Gasteiger partial charge in [-0.2, -0.15) is 0 Å². The molecule has 252 valence electrons. The number of amides is 2. The lowest BCUT2D eigenvalue weighted by Crippen LogP contribution is -2.63. The van der Waals surface area contributed by atoms with Crippen molar-refractivity contribution in [2.45, 2.75) is 85.3 Å². The Labute approximate surface area is 280 Å². The van der Waals surface area contributed by atoms with E-state index >= 15 is 0 Å². The van der Waals surface area contributed by atoms with Crippen molar-refractivity contribution in [3.63, 3.8) is 0 Å². The molecular formula is C30H39N3O9S4. The smallest absolute Gasteiger partial charge is 0.330 e. The summed E-state index contributed by atoms with van der Waals surface area (Å²) in [7, 11) is -0.657. The molecule has 46 heavy (non-hydrogen) atoms. The summed E-state index contributed by atoms with van der Waals surface area (Å²) in [6.45, 7) is 6.94. The average Bonchev–Trinajstić information content (AvgIpc) is 3.33. The van der Waals surface area contributed by atoms with Crippen LogP contribution >= 0.6 is 33.3 Å². The quantitative estimate of drug-likeness (QED) is 0.129. The van der Waals surface area contributed by atoms with Gasteiger partial charge in [0.05, 0.1) is 35.1 Å². The summed E-state index contributed by atoms with van der Waals surface area (Å²) in [5, 5.41) is -1.24. The van der Waals surface area contributed by atoms with E-state index in [0.717, 1.165) is 4.90 Å². The summed E-state index contributed by atoms with van der Waals surface area (Å²) in [5.74, 6) is -1.38. The zero-order valence-corrected chi connectivity index (χ0v) is 29.3. The number of esters is 2. The Morgan fingerprint density at radius 2 is 1.61 bits per heavy atom. The molecule has 16 heteroatoms. The van der Waals surface area contributed by atoms with E-state index in [2.05, 4.69) is 0 Å². The topological polar surface area (TPSA) is 170 Å². The molecular weight excluding hydrogens is 675 g/mol. The van der Waals surface area contributed by atoms with Gasteiger partial charge in [-0.1, -0.05) is 51.9 Å². The van der Waals surface area contributed by atoms with E-state index in [0.29, 0.717) is 23.5 Å². The van der Waals surface area contributed by atoms with Crippen LogP contribution in [0, 0.1) is 5.92 Å². The molecule has 1 aromatic carbocycles. The van der Waals surface area contributed by atoms with E-state index in [4.69, 9.17) is 15.2 Å². The summed E-state index contributed by atoms with van der Waals surface area (Å²) < 4.78 is 34.2. The van der Waals surface area contributed by atoms with Crippen molar-refractivity contribution >= 4 is 72.7 Å². The van der Waals surface area contributed by atoms with E-state index < -0.39 is 60.7 Å². The predicted molar refractivity (Wildman–Crippen MR) is 176 cm³/mol. The number of nitrogens with zero attached hydrogens (tertiary/aromatic N) is 2. The minimum absolute atomic E-state index is 0.0209. The number of benzene rings is 1. The molecule has 2 amide bonds. The van der Waals surface area contributed by atoms with Crippen LogP contribution in [0.2, 0.25) is 0 Å². The van der Waals surface area contributed by atoms with E-state index in [-0.39, 0.29) is 49.0 Å². The van der Waals surface area contributed by atoms with Crippen LogP contribution in [0.15, 0.2) is 30.3 Å². The Morgan fingerprint density at radius 1 is 0.978 bits per heavy atom. The van der Waals surface area contributed by atoms with Crippen molar-refractivity contribution in [3.05, 3.63) is 35.9 Å². The molecule has 4 aliphatic rings. The number of hydrogen-bond acceptors (Lipinski definition) is 13. The van der Waals surface area contributed by atoms with Gasteiger partial charge in [0.2, 0.25) is 11.8 Å². The van der Waals surface area contributed by atoms with Gasteiger partial charge in [0.15, 0.2) is 15.6 Å². The number of nitrogens with two attached hydrogens (primary N) is 1. The van der Waals surface area contributed by atoms with Gasteiger partial charge in [-0.25, -0.2) is 18.0 Å². The standard InChI is InChI=1S/C30H39N3O9S4/c1-29(2)23(33-25(36)18(26(33)45-29)15-19(34)22(31)17-9-6-5-7-10-17)27(37)42-12-14-44-43-13-8-11-41-28(38)24-30(3,4)46(39,40)21-16-20(35)32(21)24/h5-7,9-10,18,21-24,26H,8,11-16,31H2,1-4H3/t18-,21-,22?,23?,24+,26-/m1/s1. The normalized spacial score (nSPS) is 28.8. The van der Waals surface area contributed by atoms with Crippen LogP contribution in [-0.4, -0.2) is 105 Å². The van der Waals surface area contributed by atoms with Crippen LogP contribution in [0.4, 0.5) is 0 Å². The first-order chi connectivity index (χ1) is 21.6. The fraction of sp³-hybridized carbons (Fsp3) is 0.633. The van der Waals surface area contributed by atoms with Crippen molar-refractivity contribution in [1.29, 1.82) is 0 Å². The summed E-state index contributed by atoms with van der Waals surface area (Å²) in [6.07, 6.45) is 0.445. The van der Waals surface area contributed by atoms with Gasteiger partial charge in [0, 0.05) is 22.7 Å². The molecule has 4 aliphatic heterocycles. The summed E-state index contributed by atoms with van der Waals surface area (Å²) in [4.78, 5) is 66.4. The number of Topliss-reactive ketones (excluding diaryl/α,β-unsaturated/α-hetero) is 1. The van der Waals surface area contributed by atoms with Crippen LogP contribution in [0.25, 0.3) is 0 Å². The molecule has 0 bridgehead atoms. The highest BCUT2D eigenvalue weighted by Gasteiger charge is 2.68. The maximum absolute atomic E-state index is 13.1. The molecule has 0 radical (unpaired) electrons. The fourth-order valence-electron chi connectivity index (χ4n) is 6.40. The molecule has 0 spiro atoms. The Hall–Kier alpha value is -2.27. The van der Waals surface area contributed by atoms with Crippen molar-refractivity contribution < 1.29 is 41.9 Å². The second kappa shape index (κ2) is 13.3. The van der Waals surface area contributed by atoms with Gasteiger partial charge in [-0.05, 0) is 39.7 Å². The van der Waals surface area contributed by atoms with Gasteiger partial charge in [0.25, 0.3) is 0 Å². The maximum atomic E-state index is 13.1. The lowest BCUT2D eigenvalue weighted by molar-refractivity contribution is -0.167. The van der Waals surface area contributed by atoms with E-state index in [1.54, 1.807) is 17.0 Å². The average molecular weight is 714 g/mol. The number of fused-ring (bicyclic) bond motifs is 2. The number of hydrogen-bond donors (Lipinski definition) is 1. The molecule has 4 saturated heterocycles. The number of ether oxygens (including phenoxy) is 2. The van der Waals surface area contributed by atoms with Crippen LogP contribution < -0.4 is 5.73 Å². The molecule has 2 N–H and O–H groups in total. The van der Waals surface area contributed by atoms with E-state index in [1.807, 2.05) is 32.0 Å². The summed E-state index contributed by atoms with van der Waals surface area (Å²) in [6, 6.07) is 6.33. The van der Waals surface area contributed by atoms with Crippen LogP contribution in [0.1, 0.15) is 58.6 Å². The Balaban J connectivity index is 0.987. The zero-order valence-electron chi connectivity index (χ0n) is 26.1. The van der Waals surface area contributed by atoms with E-state index in [9.17, 15) is 32.4 Å². The van der Waals surface area contributed by atoms with Gasteiger partial charge in [0.1, 0.15) is 24.1 Å². The molecule has 5 rings (SSSR count). The number of thioether (sulfide) groups is 1. The third-order valence-corrected chi connectivity index (χ3v) is 15.9. The van der Waals surface area contributed by atoms with Gasteiger partial charge in [-0.15, -0.1) is 11.8 Å². The molecule has 4 fully saturated rings. The first-order valence-electron chi connectivity index (χ1n) is 15.1. The van der Waals surface area contributed by atoms with Crippen molar-refractivity contribution in [2.75, 3.05) is 24.7 Å². The highest BCUT2D eigenvalue weighted by atomic mass is 33.1. The third-order valence-electron chi connectivity index (χ3n) is 9.01. The number of carbonyl (C=O) groups is 5. The molecule has 2 unspecified atom stereocenters. The number of sulfone groups is 1. The van der Waals surface area contributed by atoms with Crippen LogP contribution in [0.3, 0.4) is 0 Å². The molecule has 6 atom stereocenters. The lowest BCUT2D eigenvalue weighted by Gasteiger charge is -2.44. The number of carbonyl (C=O) groups excluding carboxylic acids is 5. The van der Waals surface area contributed by atoms with Gasteiger partial charge < -0.3 is 25.0 Å². The molecule has 12 nitrogen and oxygen atoms in total. The SMILES string of the molecule is CC1(C)S[C@@H]2[C@H](CC(=O)C(N)c3ccccc3)C(=O)N2C1C(=O)OCCSSCCCOC(=O)[C@@H]1N2C(=O)C[C@H]2S(=O)(=O)C1(C)C. The molecule has 1 aromatic rings. The molecule has 0 aliphatic carbocycles. The number of ketones is 1. The third kappa shape index (κ3) is 6.19.